The van der Waals surface area contributed by atoms with Crippen molar-refractivity contribution in [1.29, 1.82) is 0 Å². The number of morpholine rings is 1. The Labute approximate surface area is 146 Å². The smallest absolute Gasteiger partial charge is 0.286 e. The lowest BCUT2D eigenvalue weighted by Gasteiger charge is -2.26. The van der Waals surface area contributed by atoms with E-state index in [1.807, 2.05) is 0 Å². The molecule has 0 saturated carbocycles. The Morgan fingerprint density at radius 2 is 2.00 bits per heavy atom. The minimum absolute atomic E-state index is 0.104. The summed E-state index contributed by atoms with van der Waals surface area (Å²) in [5, 5.41) is 2.87. The standard InChI is InChI=1S/C18H23N3O4/c22-17-4-1-2-9-21(17)14-15-5-6-16(25-15)18(23)19-7-3-8-20-10-12-24-13-11-20/h1-2,4-6,9H,3,7-8,10-14H2,(H,19,23). The van der Waals surface area contributed by atoms with E-state index < -0.39 is 0 Å². The Morgan fingerprint density at radius 3 is 2.80 bits per heavy atom. The Bertz CT molecular complexity index is 747. The Balaban J connectivity index is 1.44. The van der Waals surface area contributed by atoms with Crippen molar-refractivity contribution in [2.45, 2.75) is 13.0 Å². The number of aromatic nitrogens is 1. The molecule has 1 N–H and O–H groups in total. The van der Waals surface area contributed by atoms with Crippen LogP contribution in [0.25, 0.3) is 0 Å². The minimum Gasteiger partial charge on any atom is -0.454 e. The van der Waals surface area contributed by atoms with Gasteiger partial charge in [0.15, 0.2) is 5.76 Å². The van der Waals surface area contributed by atoms with Crippen LogP contribution in [-0.4, -0.2) is 54.8 Å². The molecule has 0 bridgehead atoms. The molecule has 134 valence electrons. The predicted octanol–water partition coefficient (Wildman–Crippen LogP) is 0.942. The second kappa shape index (κ2) is 8.64. The Kier molecular flexibility index (Phi) is 6.03. The van der Waals surface area contributed by atoms with Crippen molar-refractivity contribution in [3.05, 3.63) is 58.4 Å². The fraction of sp³-hybridized carbons (Fsp3) is 0.444. The topological polar surface area (TPSA) is 76.7 Å². The van der Waals surface area contributed by atoms with Gasteiger partial charge in [0.05, 0.1) is 19.8 Å². The maximum atomic E-state index is 12.1. The molecule has 0 radical (unpaired) electrons. The molecule has 0 unspecified atom stereocenters. The van der Waals surface area contributed by atoms with E-state index in [0.717, 1.165) is 39.3 Å². The highest BCUT2D eigenvalue weighted by molar-refractivity contribution is 5.91. The van der Waals surface area contributed by atoms with Crippen LogP contribution < -0.4 is 10.9 Å². The molecule has 0 aliphatic carbocycles. The lowest BCUT2D eigenvalue weighted by Crippen LogP contribution is -2.38. The van der Waals surface area contributed by atoms with Crippen LogP contribution in [0.3, 0.4) is 0 Å². The van der Waals surface area contributed by atoms with Gasteiger partial charge in [0.25, 0.3) is 11.5 Å². The van der Waals surface area contributed by atoms with Crippen molar-refractivity contribution in [2.24, 2.45) is 0 Å². The quantitative estimate of drug-likeness (QED) is 0.756. The summed E-state index contributed by atoms with van der Waals surface area (Å²) in [5.74, 6) is 0.616. The highest BCUT2D eigenvalue weighted by Gasteiger charge is 2.12. The van der Waals surface area contributed by atoms with Crippen LogP contribution in [-0.2, 0) is 11.3 Å². The average Bonchev–Trinajstić information content (AvgIpc) is 3.10. The molecule has 3 rings (SSSR count). The van der Waals surface area contributed by atoms with Crippen LogP contribution in [0.4, 0.5) is 0 Å². The first-order chi connectivity index (χ1) is 12.2. The molecule has 3 heterocycles. The summed E-state index contributed by atoms with van der Waals surface area (Å²) in [6, 6.07) is 8.33. The van der Waals surface area contributed by atoms with Crippen molar-refractivity contribution in [3.63, 3.8) is 0 Å². The Hall–Kier alpha value is -2.38. The van der Waals surface area contributed by atoms with E-state index >= 15 is 0 Å². The summed E-state index contributed by atoms with van der Waals surface area (Å²) in [5.41, 5.74) is -0.104. The van der Waals surface area contributed by atoms with Gasteiger partial charge in [-0.05, 0) is 31.2 Å². The van der Waals surface area contributed by atoms with Crippen LogP contribution >= 0.6 is 0 Å². The van der Waals surface area contributed by atoms with E-state index in [0.29, 0.717) is 18.8 Å². The SMILES string of the molecule is O=C(NCCCN1CCOCC1)c1ccc(Cn2ccccc2=O)o1. The van der Waals surface area contributed by atoms with Gasteiger partial charge < -0.3 is 19.0 Å². The summed E-state index contributed by atoms with van der Waals surface area (Å²) in [4.78, 5) is 26.2. The predicted molar refractivity (Wildman–Crippen MR) is 92.7 cm³/mol. The fourth-order valence-corrected chi connectivity index (χ4v) is 2.76. The normalized spacial score (nSPS) is 15.2. The number of furan rings is 1. The summed E-state index contributed by atoms with van der Waals surface area (Å²) >= 11 is 0. The van der Waals surface area contributed by atoms with E-state index in [1.54, 1.807) is 30.5 Å². The minimum atomic E-state index is -0.228. The van der Waals surface area contributed by atoms with Crippen LogP contribution in [0, 0.1) is 0 Å². The Morgan fingerprint density at radius 1 is 1.16 bits per heavy atom. The van der Waals surface area contributed by atoms with E-state index in [9.17, 15) is 9.59 Å². The van der Waals surface area contributed by atoms with Crippen LogP contribution in [0.2, 0.25) is 0 Å². The van der Waals surface area contributed by atoms with Crippen molar-refractivity contribution in [1.82, 2.24) is 14.8 Å². The number of nitrogens with zero attached hydrogens (tertiary/aromatic N) is 2. The molecule has 25 heavy (non-hydrogen) atoms. The molecular weight excluding hydrogens is 322 g/mol. The van der Waals surface area contributed by atoms with Crippen molar-refractivity contribution >= 4 is 5.91 Å². The molecular formula is C18H23N3O4. The molecule has 0 atom stereocenters. The van der Waals surface area contributed by atoms with E-state index in [2.05, 4.69) is 10.2 Å². The third-order valence-electron chi connectivity index (χ3n) is 4.15. The molecule has 1 fully saturated rings. The van der Waals surface area contributed by atoms with Gasteiger partial charge in [-0.3, -0.25) is 14.5 Å². The molecule has 1 saturated heterocycles. The van der Waals surface area contributed by atoms with Gasteiger partial charge in [-0.2, -0.15) is 0 Å². The average molecular weight is 345 g/mol. The summed E-state index contributed by atoms with van der Waals surface area (Å²) < 4.78 is 12.4. The number of amides is 1. The van der Waals surface area contributed by atoms with Crippen molar-refractivity contribution in [2.75, 3.05) is 39.4 Å². The highest BCUT2D eigenvalue weighted by Crippen LogP contribution is 2.09. The second-order valence-electron chi connectivity index (χ2n) is 6.00. The van der Waals surface area contributed by atoms with E-state index in [-0.39, 0.29) is 17.2 Å². The molecule has 0 aromatic carbocycles. The van der Waals surface area contributed by atoms with Gasteiger partial charge in [-0.15, -0.1) is 0 Å². The monoisotopic (exact) mass is 345 g/mol. The zero-order valence-corrected chi connectivity index (χ0v) is 14.1. The zero-order chi connectivity index (χ0) is 17.5. The van der Waals surface area contributed by atoms with Crippen LogP contribution in [0.5, 0.6) is 0 Å². The number of hydrogen-bond donors (Lipinski definition) is 1. The van der Waals surface area contributed by atoms with E-state index in [4.69, 9.17) is 9.15 Å². The zero-order valence-electron chi connectivity index (χ0n) is 14.1. The molecule has 1 amide bonds. The van der Waals surface area contributed by atoms with Crippen molar-refractivity contribution < 1.29 is 13.9 Å². The molecule has 2 aromatic rings. The number of carbonyl (C=O) groups excluding carboxylic acids is 1. The largest absolute Gasteiger partial charge is 0.454 e. The van der Waals surface area contributed by atoms with E-state index in [1.165, 1.54) is 10.6 Å². The molecule has 1 aliphatic heterocycles. The van der Waals surface area contributed by atoms with Crippen LogP contribution in [0.15, 0.2) is 45.7 Å². The van der Waals surface area contributed by atoms with Gasteiger partial charge in [-0.25, -0.2) is 0 Å². The molecule has 7 nitrogen and oxygen atoms in total. The van der Waals surface area contributed by atoms with Gasteiger partial charge in [-0.1, -0.05) is 6.07 Å². The number of pyridine rings is 1. The molecule has 7 heteroatoms. The fourth-order valence-electron chi connectivity index (χ4n) is 2.76. The summed E-state index contributed by atoms with van der Waals surface area (Å²) in [7, 11) is 0. The maximum absolute atomic E-state index is 12.1. The first-order valence-electron chi connectivity index (χ1n) is 8.55. The molecule has 0 spiro atoms. The lowest BCUT2D eigenvalue weighted by atomic mass is 10.3. The molecule has 2 aromatic heterocycles. The van der Waals surface area contributed by atoms with Gasteiger partial charge in [0, 0.05) is 31.9 Å². The van der Waals surface area contributed by atoms with Gasteiger partial charge in [0.1, 0.15) is 5.76 Å². The van der Waals surface area contributed by atoms with Crippen molar-refractivity contribution in [3.8, 4) is 0 Å². The number of rotatable bonds is 7. The van der Waals surface area contributed by atoms with Crippen LogP contribution in [0.1, 0.15) is 22.7 Å². The first-order valence-corrected chi connectivity index (χ1v) is 8.55. The number of hydrogen-bond acceptors (Lipinski definition) is 5. The highest BCUT2D eigenvalue weighted by atomic mass is 16.5. The third-order valence-corrected chi connectivity index (χ3v) is 4.15. The van der Waals surface area contributed by atoms with Gasteiger partial charge in [0.2, 0.25) is 0 Å². The second-order valence-corrected chi connectivity index (χ2v) is 6.00. The molecule has 1 aliphatic rings. The maximum Gasteiger partial charge on any atom is 0.286 e. The number of nitrogens with one attached hydrogen (secondary N) is 1. The number of ether oxygens (including phenoxy) is 1. The lowest BCUT2D eigenvalue weighted by molar-refractivity contribution is 0.0374. The van der Waals surface area contributed by atoms with Gasteiger partial charge >= 0.3 is 0 Å². The summed E-state index contributed by atoms with van der Waals surface area (Å²) in [6.45, 7) is 5.33. The first kappa shape index (κ1) is 17.4. The number of carbonyl (C=O) groups is 1. The third kappa shape index (κ3) is 5.04. The summed E-state index contributed by atoms with van der Waals surface area (Å²) in [6.07, 6.45) is 2.58.